The molecule has 36 heavy (non-hydrogen) atoms. The summed E-state index contributed by atoms with van der Waals surface area (Å²) < 4.78 is 0. The van der Waals surface area contributed by atoms with E-state index < -0.39 is 47.4 Å². The number of nitrogens with one attached hydrogen (secondary N) is 2. The van der Waals surface area contributed by atoms with Crippen LogP contribution in [0.5, 0.6) is 0 Å². The zero-order valence-electron chi connectivity index (χ0n) is 21.4. The van der Waals surface area contributed by atoms with Gasteiger partial charge in [-0.2, -0.15) is 5.06 Å². The van der Waals surface area contributed by atoms with Crippen molar-refractivity contribution in [3.05, 3.63) is 60.2 Å². The second-order valence-corrected chi connectivity index (χ2v) is 8.91. The first-order valence-corrected chi connectivity index (χ1v) is 12.1. The monoisotopic (exact) mass is 497 g/mol. The molecule has 194 valence electrons. The van der Waals surface area contributed by atoms with E-state index >= 15 is 0 Å². The lowest BCUT2D eigenvalue weighted by atomic mass is 9.85. The Morgan fingerprint density at radius 3 is 2.31 bits per heavy atom. The molecular formula is C27H35N3O6. The molecule has 2 rings (SSSR count). The molecule has 0 spiro atoms. The van der Waals surface area contributed by atoms with Gasteiger partial charge in [0.05, 0.1) is 31.0 Å². The van der Waals surface area contributed by atoms with Gasteiger partial charge in [-0.05, 0) is 25.3 Å². The molecule has 9 nitrogen and oxygen atoms in total. The van der Waals surface area contributed by atoms with Crippen LogP contribution in [0.4, 0.5) is 0 Å². The molecule has 1 heterocycles. The first kappa shape index (κ1) is 28.6. The Morgan fingerprint density at radius 1 is 1.06 bits per heavy atom. The number of rotatable bonds is 12. The third-order valence-electron chi connectivity index (χ3n) is 5.87. The number of hydrogen-bond donors (Lipinski definition) is 2. The third-order valence-corrected chi connectivity index (χ3v) is 5.87. The Hall–Kier alpha value is -3.59. The number of imide groups is 1. The smallest absolute Gasteiger partial charge is 0.264 e. The van der Waals surface area contributed by atoms with Gasteiger partial charge >= 0.3 is 0 Å². The molecular weight excluding hydrogens is 462 g/mol. The van der Waals surface area contributed by atoms with Crippen LogP contribution in [0.15, 0.2) is 54.6 Å². The van der Waals surface area contributed by atoms with E-state index in [1.807, 2.05) is 13.0 Å². The molecule has 0 aliphatic carbocycles. The average molecular weight is 498 g/mol. The molecule has 0 saturated carbocycles. The molecule has 1 aromatic rings. The van der Waals surface area contributed by atoms with Crippen molar-refractivity contribution < 1.29 is 28.8 Å². The van der Waals surface area contributed by atoms with E-state index in [2.05, 4.69) is 10.6 Å². The van der Waals surface area contributed by atoms with Gasteiger partial charge in [0.15, 0.2) is 5.78 Å². The van der Waals surface area contributed by atoms with Crippen molar-refractivity contribution in [1.82, 2.24) is 15.7 Å². The summed E-state index contributed by atoms with van der Waals surface area (Å²) in [5.41, 5.74) is 0.727. The van der Waals surface area contributed by atoms with Crippen LogP contribution in [0.3, 0.4) is 0 Å². The quantitative estimate of drug-likeness (QED) is 0.198. The minimum Gasteiger partial charge on any atom is -0.346 e. The van der Waals surface area contributed by atoms with Crippen molar-refractivity contribution in [1.29, 1.82) is 0 Å². The maximum absolute atomic E-state index is 13.4. The van der Waals surface area contributed by atoms with Crippen LogP contribution in [0.2, 0.25) is 0 Å². The fourth-order valence-electron chi connectivity index (χ4n) is 3.99. The van der Waals surface area contributed by atoms with Gasteiger partial charge in [-0.15, -0.1) is 0 Å². The Balaban J connectivity index is 2.19. The van der Waals surface area contributed by atoms with E-state index in [1.54, 1.807) is 63.3 Å². The molecule has 1 aliphatic heterocycles. The molecule has 1 saturated heterocycles. The van der Waals surface area contributed by atoms with E-state index in [0.717, 1.165) is 5.56 Å². The minimum absolute atomic E-state index is 0.103. The molecule has 9 heteroatoms. The highest BCUT2D eigenvalue weighted by Crippen LogP contribution is 2.29. The Labute approximate surface area is 211 Å². The summed E-state index contributed by atoms with van der Waals surface area (Å²) >= 11 is 0. The second kappa shape index (κ2) is 13.5. The maximum Gasteiger partial charge on any atom is 0.264 e. The molecule has 0 radical (unpaired) electrons. The number of allylic oxidation sites excluding steroid dienone is 3. The molecule has 4 amide bonds. The molecule has 0 aromatic heterocycles. The highest BCUT2D eigenvalue weighted by molar-refractivity contribution is 6.16. The predicted molar refractivity (Wildman–Crippen MR) is 134 cm³/mol. The van der Waals surface area contributed by atoms with Crippen molar-refractivity contribution in [2.24, 2.45) is 17.8 Å². The fourth-order valence-corrected chi connectivity index (χ4v) is 3.99. The maximum atomic E-state index is 13.4. The van der Waals surface area contributed by atoms with Gasteiger partial charge in [-0.3, -0.25) is 28.8 Å². The van der Waals surface area contributed by atoms with Gasteiger partial charge in [0.25, 0.3) is 11.8 Å². The topological polar surface area (TPSA) is 122 Å². The van der Waals surface area contributed by atoms with E-state index in [1.165, 1.54) is 13.0 Å². The summed E-state index contributed by atoms with van der Waals surface area (Å²) in [5, 5.41) is 6.20. The lowest BCUT2D eigenvalue weighted by Gasteiger charge is -2.26. The summed E-state index contributed by atoms with van der Waals surface area (Å²) in [6.45, 7) is 8.57. The second-order valence-electron chi connectivity index (χ2n) is 8.91. The highest BCUT2D eigenvalue weighted by Gasteiger charge is 2.51. The summed E-state index contributed by atoms with van der Waals surface area (Å²) in [7, 11) is 0. The number of amides is 4. The van der Waals surface area contributed by atoms with Crippen LogP contribution >= 0.6 is 0 Å². The number of Topliss-reactive ketones (excluding diaryl/α,β-unsaturated/α-hetero) is 1. The van der Waals surface area contributed by atoms with E-state index in [4.69, 9.17) is 4.84 Å². The van der Waals surface area contributed by atoms with Crippen LogP contribution in [0.25, 0.3) is 0 Å². The van der Waals surface area contributed by atoms with E-state index in [9.17, 15) is 24.0 Å². The van der Waals surface area contributed by atoms with Gasteiger partial charge in [-0.25, -0.2) is 0 Å². The first-order chi connectivity index (χ1) is 17.1. The van der Waals surface area contributed by atoms with Crippen molar-refractivity contribution in [3.63, 3.8) is 0 Å². The van der Waals surface area contributed by atoms with Crippen molar-refractivity contribution in [2.45, 2.75) is 53.1 Å². The van der Waals surface area contributed by atoms with Gasteiger partial charge in [0, 0.05) is 6.08 Å². The standard InChI is InChI=1S/C27H35N3O6/c1-6-8-10-15-21(31)28-20(19-13-11-9-12-14-19)16-22(32)29-24(17(3)4)25(33)23-18(5)26(34)30(27(23)35)36-7-2/h6,8-15,17-18,20,23-24H,7,16H2,1-5H3,(H,28,31)(H,29,32)/b8-6+,15-10+/t18-,20-,23+,24-/m0/s1. The summed E-state index contributed by atoms with van der Waals surface area (Å²) in [6.07, 6.45) is 6.33. The fraction of sp³-hybridized carbons (Fsp3) is 0.444. The summed E-state index contributed by atoms with van der Waals surface area (Å²) in [6, 6.07) is 7.39. The summed E-state index contributed by atoms with van der Waals surface area (Å²) in [5.74, 6) is -5.15. The van der Waals surface area contributed by atoms with Crippen LogP contribution in [0, 0.1) is 17.8 Å². The lowest BCUT2D eigenvalue weighted by molar-refractivity contribution is -0.188. The zero-order valence-corrected chi connectivity index (χ0v) is 21.4. The minimum atomic E-state index is -1.24. The number of nitrogens with zero attached hydrogens (tertiary/aromatic N) is 1. The number of carbonyl (C=O) groups excluding carboxylic acids is 5. The Bertz CT molecular complexity index is 1020. The van der Waals surface area contributed by atoms with Crippen LogP contribution in [-0.2, 0) is 28.8 Å². The van der Waals surface area contributed by atoms with Gasteiger partial charge in [0.2, 0.25) is 11.8 Å². The van der Waals surface area contributed by atoms with Gasteiger partial charge < -0.3 is 10.6 Å². The van der Waals surface area contributed by atoms with E-state index in [0.29, 0.717) is 5.06 Å². The highest BCUT2D eigenvalue weighted by atomic mass is 16.7. The third kappa shape index (κ3) is 7.21. The summed E-state index contributed by atoms with van der Waals surface area (Å²) in [4.78, 5) is 69.1. The molecule has 4 atom stereocenters. The van der Waals surface area contributed by atoms with Crippen molar-refractivity contribution in [2.75, 3.05) is 6.61 Å². The molecule has 0 bridgehead atoms. The SMILES string of the molecule is C/C=C/C=C/C(=O)N[C@@H](CC(=O)N[C@H](C(=O)[C@@H]1C(=O)N(OCC)C(=O)[C@H]1C)C(C)C)c1ccccc1. The normalized spacial score (nSPS) is 19.8. The number of ketones is 1. The van der Waals surface area contributed by atoms with Crippen LogP contribution in [0.1, 0.15) is 52.6 Å². The molecule has 1 fully saturated rings. The number of benzene rings is 1. The largest absolute Gasteiger partial charge is 0.346 e. The van der Waals surface area contributed by atoms with Gasteiger partial charge in [-0.1, -0.05) is 69.3 Å². The van der Waals surface area contributed by atoms with Crippen LogP contribution in [-0.4, -0.2) is 47.1 Å². The Kier molecular flexibility index (Phi) is 10.7. The number of hydrogen-bond acceptors (Lipinski definition) is 6. The molecule has 2 N–H and O–H groups in total. The predicted octanol–water partition coefficient (Wildman–Crippen LogP) is 2.65. The molecule has 1 aliphatic rings. The molecule has 1 aromatic carbocycles. The van der Waals surface area contributed by atoms with E-state index in [-0.39, 0.29) is 24.9 Å². The van der Waals surface area contributed by atoms with Crippen molar-refractivity contribution in [3.8, 4) is 0 Å². The molecule has 0 unspecified atom stereocenters. The van der Waals surface area contributed by atoms with Gasteiger partial charge in [0.1, 0.15) is 5.92 Å². The number of hydroxylamine groups is 2. The first-order valence-electron chi connectivity index (χ1n) is 12.1. The lowest BCUT2D eigenvalue weighted by Crippen LogP contribution is -2.49. The Morgan fingerprint density at radius 2 is 1.72 bits per heavy atom. The average Bonchev–Trinajstić information content (AvgIpc) is 3.05. The van der Waals surface area contributed by atoms with Crippen LogP contribution < -0.4 is 10.6 Å². The number of carbonyl (C=O) groups is 5. The zero-order chi connectivity index (χ0) is 26.8. The van der Waals surface area contributed by atoms with Crippen molar-refractivity contribution >= 4 is 29.4 Å².